The van der Waals surface area contributed by atoms with E-state index in [9.17, 15) is 4.79 Å². The summed E-state index contributed by atoms with van der Waals surface area (Å²) in [6.45, 7) is 5.78. The van der Waals surface area contributed by atoms with Crippen LogP contribution >= 0.6 is 0 Å². The van der Waals surface area contributed by atoms with E-state index in [0.29, 0.717) is 19.7 Å². The van der Waals surface area contributed by atoms with E-state index in [0.717, 1.165) is 38.0 Å². The second kappa shape index (κ2) is 9.04. The highest BCUT2D eigenvalue weighted by molar-refractivity contribution is 5.78. The summed E-state index contributed by atoms with van der Waals surface area (Å²) in [5.74, 6) is 0.941. The van der Waals surface area contributed by atoms with Crippen LogP contribution in [0.15, 0.2) is 30.3 Å². The molecule has 1 N–H and O–H groups in total. The molecule has 0 aromatic heterocycles. The van der Waals surface area contributed by atoms with Crippen LogP contribution in [0.3, 0.4) is 0 Å². The summed E-state index contributed by atoms with van der Waals surface area (Å²) in [6, 6.07) is 10.5. The van der Waals surface area contributed by atoms with Gasteiger partial charge >= 0.3 is 0 Å². The van der Waals surface area contributed by atoms with Crippen LogP contribution in [0.25, 0.3) is 0 Å². The summed E-state index contributed by atoms with van der Waals surface area (Å²) in [5.41, 5.74) is 0. The standard InChI is InChI=1S/C19H29N3O2/c23-19(20-10-15-24-18-8-2-1-3-9-18)16-21-11-13-22(14-12-21)17-6-4-5-7-17/h1-3,8-9,17H,4-7,10-16H2,(H,20,23). The normalized spacial score (nSPS) is 20.2. The Kier molecular flexibility index (Phi) is 6.49. The summed E-state index contributed by atoms with van der Waals surface area (Å²) in [6.07, 6.45) is 5.50. The largest absolute Gasteiger partial charge is 0.492 e. The Morgan fingerprint density at radius 1 is 1.08 bits per heavy atom. The minimum atomic E-state index is 0.0981. The van der Waals surface area contributed by atoms with E-state index >= 15 is 0 Å². The fraction of sp³-hybridized carbons (Fsp3) is 0.632. The van der Waals surface area contributed by atoms with Gasteiger partial charge in [0.15, 0.2) is 0 Å². The molecule has 5 nitrogen and oxygen atoms in total. The van der Waals surface area contributed by atoms with Crippen molar-refractivity contribution >= 4 is 5.91 Å². The molecule has 1 aliphatic carbocycles. The Morgan fingerprint density at radius 2 is 1.79 bits per heavy atom. The van der Waals surface area contributed by atoms with Crippen molar-refractivity contribution in [1.82, 2.24) is 15.1 Å². The number of rotatable bonds is 7. The summed E-state index contributed by atoms with van der Waals surface area (Å²) in [7, 11) is 0. The van der Waals surface area contributed by atoms with Gasteiger partial charge in [0.05, 0.1) is 13.1 Å². The van der Waals surface area contributed by atoms with Crippen LogP contribution in [0.2, 0.25) is 0 Å². The van der Waals surface area contributed by atoms with Gasteiger partial charge in [-0.2, -0.15) is 0 Å². The Morgan fingerprint density at radius 3 is 2.50 bits per heavy atom. The average Bonchev–Trinajstić information content (AvgIpc) is 3.15. The number of ether oxygens (including phenoxy) is 1. The van der Waals surface area contributed by atoms with E-state index < -0.39 is 0 Å². The van der Waals surface area contributed by atoms with Crippen molar-refractivity contribution < 1.29 is 9.53 Å². The van der Waals surface area contributed by atoms with Gasteiger partial charge in [0.2, 0.25) is 5.91 Å². The van der Waals surface area contributed by atoms with Gasteiger partial charge in [0.25, 0.3) is 0 Å². The molecule has 0 spiro atoms. The molecule has 132 valence electrons. The highest BCUT2D eigenvalue weighted by Crippen LogP contribution is 2.24. The molecule has 2 aliphatic rings. The van der Waals surface area contributed by atoms with E-state index in [-0.39, 0.29) is 5.91 Å². The maximum Gasteiger partial charge on any atom is 0.234 e. The van der Waals surface area contributed by atoms with Crippen molar-refractivity contribution in [2.75, 3.05) is 45.9 Å². The average molecular weight is 331 g/mol. The first-order valence-corrected chi connectivity index (χ1v) is 9.22. The van der Waals surface area contributed by atoms with Crippen molar-refractivity contribution in [3.8, 4) is 5.75 Å². The lowest BCUT2D eigenvalue weighted by Gasteiger charge is -2.37. The number of nitrogens with one attached hydrogen (secondary N) is 1. The Labute approximate surface area is 145 Å². The predicted molar refractivity (Wildman–Crippen MR) is 95.2 cm³/mol. The number of nitrogens with zero attached hydrogens (tertiary/aromatic N) is 2. The number of para-hydroxylation sites is 1. The van der Waals surface area contributed by atoms with Gasteiger partial charge in [-0.3, -0.25) is 14.6 Å². The number of piperazine rings is 1. The van der Waals surface area contributed by atoms with Crippen molar-refractivity contribution in [2.24, 2.45) is 0 Å². The van der Waals surface area contributed by atoms with E-state index in [1.54, 1.807) is 0 Å². The summed E-state index contributed by atoms with van der Waals surface area (Å²) in [5, 5.41) is 2.95. The predicted octanol–water partition coefficient (Wildman–Crippen LogP) is 1.74. The number of amides is 1. The molecule has 0 unspecified atom stereocenters. The number of benzene rings is 1. The summed E-state index contributed by atoms with van der Waals surface area (Å²) in [4.78, 5) is 16.9. The fourth-order valence-electron chi connectivity index (χ4n) is 3.69. The third-order valence-electron chi connectivity index (χ3n) is 5.05. The monoisotopic (exact) mass is 331 g/mol. The van der Waals surface area contributed by atoms with Gasteiger partial charge in [-0.25, -0.2) is 0 Å². The number of carbonyl (C=O) groups is 1. The van der Waals surface area contributed by atoms with Gasteiger partial charge < -0.3 is 10.1 Å². The molecular formula is C19H29N3O2. The molecule has 1 saturated heterocycles. The molecule has 0 radical (unpaired) electrons. The molecule has 24 heavy (non-hydrogen) atoms. The molecule has 1 aliphatic heterocycles. The molecule has 1 heterocycles. The van der Waals surface area contributed by atoms with Gasteiger partial charge in [-0.15, -0.1) is 0 Å². The van der Waals surface area contributed by atoms with Crippen LogP contribution in [-0.4, -0.2) is 67.6 Å². The molecule has 1 amide bonds. The first kappa shape index (κ1) is 17.2. The summed E-state index contributed by atoms with van der Waals surface area (Å²) >= 11 is 0. The second-order valence-corrected chi connectivity index (χ2v) is 6.76. The second-order valence-electron chi connectivity index (χ2n) is 6.76. The van der Waals surface area contributed by atoms with Crippen molar-refractivity contribution in [2.45, 2.75) is 31.7 Å². The molecule has 0 bridgehead atoms. The number of carbonyl (C=O) groups excluding carboxylic acids is 1. The lowest BCUT2D eigenvalue weighted by molar-refractivity contribution is -0.122. The molecule has 5 heteroatoms. The first-order chi connectivity index (χ1) is 11.8. The zero-order chi connectivity index (χ0) is 16.6. The van der Waals surface area contributed by atoms with Crippen LogP contribution in [0.4, 0.5) is 0 Å². The molecule has 1 aromatic carbocycles. The van der Waals surface area contributed by atoms with Crippen LogP contribution < -0.4 is 10.1 Å². The maximum atomic E-state index is 12.0. The van der Waals surface area contributed by atoms with Gasteiger partial charge in [0, 0.05) is 32.2 Å². The molecule has 1 saturated carbocycles. The van der Waals surface area contributed by atoms with Crippen molar-refractivity contribution in [3.63, 3.8) is 0 Å². The third-order valence-corrected chi connectivity index (χ3v) is 5.05. The maximum absolute atomic E-state index is 12.0. The Bertz CT molecular complexity index is 495. The van der Waals surface area contributed by atoms with E-state index in [1.807, 2.05) is 30.3 Å². The molecule has 0 atom stereocenters. The van der Waals surface area contributed by atoms with Crippen LogP contribution in [-0.2, 0) is 4.79 Å². The molecule has 2 fully saturated rings. The number of hydrogen-bond acceptors (Lipinski definition) is 4. The topological polar surface area (TPSA) is 44.8 Å². The van der Waals surface area contributed by atoms with E-state index in [4.69, 9.17) is 4.74 Å². The van der Waals surface area contributed by atoms with Gasteiger partial charge in [-0.05, 0) is 25.0 Å². The third kappa shape index (κ3) is 5.21. The SMILES string of the molecule is O=C(CN1CCN(C2CCCC2)CC1)NCCOc1ccccc1. The van der Waals surface area contributed by atoms with E-state index in [1.165, 1.54) is 25.7 Å². The van der Waals surface area contributed by atoms with Crippen molar-refractivity contribution in [1.29, 1.82) is 0 Å². The zero-order valence-corrected chi connectivity index (χ0v) is 14.5. The molecule has 3 rings (SSSR count). The fourth-order valence-corrected chi connectivity index (χ4v) is 3.69. The minimum Gasteiger partial charge on any atom is -0.492 e. The quantitative estimate of drug-likeness (QED) is 0.773. The smallest absolute Gasteiger partial charge is 0.234 e. The van der Waals surface area contributed by atoms with Gasteiger partial charge in [0.1, 0.15) is 12.4 Å². The first-order valence-electron chi connectivity index (χ1n) is 9.22. The minimum absolute atomic E-state index is 0.0981. The highest BCUT2D eigenvalue weighted by Gasteiger charge is 2.26. The lowest BCUT2D eigenvalue weighted by Crippen LogP contribution is -2.52. The lowest BCUT2D eigenvalue weighted by atomic mass is 10.2. The molecule has 1 aromatic rings. The van der Waals surface area contributed by atoms with Crippen molar-refractivity contribution in [3.05, 3.63) is 30.3 Å². The van der Waals surface area contributed by atoms with E-state index in [2.05, 4.69) is 15.1 Å². The van der Waals surface area contributed by atoms with Crippen LogP contribution in [0, 0.1) is 0 Å². The number of hydrogen-bond donors (Lipinski definition) is 1. The summed E-state index contributed by atoms with van der Waals surface area (Å²) < 4.78 is 5.58. The highest BCUT2D eigenvalue weighted by atomic mass is 16.5. The Hall–Kier alpha value is -1.59. The Balaban J connectivity index is 1.27. The van der Waals surface area contributed by atoms with Gasteiger partial charge in [-0.1, -0.05) is 31.0 Å². The zero-order valence-electron chi connectivity index (χ0n) is 14.5. The van der Waals surface area contributed by atoms with Crippen LogP contribution in [0.1, 0.15) is 25.7 Å². The molecular weight excluding hydrogens is 302 g/mol. The van der Waals surface area contributed by atoms with Crippen LogP contribution in [0.5, 0.6) is 5.75 Å².